The van der Waals surface area contributed by atoms with Crippen molar-refractivity contribution in [2.45, 2.75) is 4.90 Å². The third-order valence-corrected chi connectivity index (χ3v) is 7.28. The van der Waals surface area contributed by atoms with Crippen molar-refractivity contribution in [3.63, 3.8) is 0 Å². The fraction of sp³-hybridized carbons (Fsp3) is 0.263. The second kappa shape index (κ2) is 9.64. The summed E-state index contributed by atoms with van der Waals surface area (Å²) in [4.78, 5) is 24.3. The molecule has 2 heterocycles. The second-order valence-corrected chi connectivity index (χ2v) is 9.71. The zero-order chi connectivity index (χ0) is 20.9. The van der Waals surface area contributed by atoms with E-state index in [2.05, 4.69) is 0 Å². The standard InChI is InChI=1S/C19H18ClNO6S2/c20-18-7-6-17(28-18)16(22)13-27-19(23)8-3-14-1-4-15(5-2-14)29(24,25)21-9-11-26-12-10-21/h1-8H,9-13H2. The van der Waals surface area contributed by atoms with Gasteiger partial charge in [0, 0.05) is 19.2 Å². The molecular formula is C19H18ClNO6S2. The minimum absolute atomic E-state index is 0.180. The summed E-state index contributed by atoms with van der Waals surface area (Å²) in [5.74, 6) is -1.01. The number of thiophene rings is 1. The molecule has 0 unspecified atom stereocenters. The molecule has 2 aromatic rings. The quantitative estimate of drug-likeness (QED) is 0.362. The third kappa shape index (κ3) is 5.74. The molecule has 1 aromatic carbocycles. The van der Waals surface area contributed by atoms with Crippen molar-refractivity contribution in [3.8, 4) is 0 Å². The lowest BCUT2D eigenvalue weighted by molar-refractivity contribution is -0.136. The molecule has 7 nitrogen and oxygen atoms in total. The molecule has 0 atom stereocenters. The minimum atomic E-state index is -3.56. The molecule has 0 bridgehead atoms. The maximum absolute atomic E-state index is 12.6. The number of hydrogen-bond acceptors (Lipinski definition) is 7. The maximum atomic E-state index is 12.6. The van der Waals surface area contributed by atoms with Crippen molar-refractivity contribution in [3.05, 3.63) is 57.3 Å². The third-order valence-electron chi connectivity index (χ3n) is 4.09. The first-order valence-corrected chi connectivity index (χ1v) is 11.3. The van der Waals surface area contributed by atoms with Gasteiger partial charge in [-0.05, 0) is 35.9 Å². The van der Waals surface area contributed by atoms with Gasteiger partial charge in [-0.1, -0.05) is 23.7 Å². The Hall–Kier alpha value is -2.04. The predicted octanol–water partition coefficient (Wildman–Crippen LogP) is 2.86. The van der Waals surface area contributed by atoms with Gasteiger partial charge in [-0.25, -0.2) is 13.2 Å². The molecule has 0 aliphatic carbocycles. The highest BCUT2D eigenvalue weighted by Gasteiger charge is 2.25. The highest BCUT2D eigenvalue weighted by Crippen LogP contribution is 2.22. The van der Waals surface area contributed by atoms with Crippen LogP contribution in [0.2, 0.25) is 4.34 Å². The van der Waals surface area contributed by atoms with Gasteiger partial charge in [0.1, 0.15) is 0 Å². The summed E-state index contributed by atoms with van der Waals surface area (Å²) in [5, 5.41) is 0. The Labute approximate surface area is 177 Å². The normalized spacial score (nSPS) is 15.5. The van der Waals surface area contributed by atoms with Crippen LogP contribution in [-0.4, -0.2) is 57.4 Å². The molecule has 1 aliphatic heterocycles. The van der Waals surface area contributed by atoms with Crippen molar-refractivity contribution in [2.24, 2.45) is 0 Å². The van der Waals surface area contributed by atoms with Crippen LogP contribution in [0.4, 0.5) is 0 Å². The zero-order valence-electron chi connectivity index (χ0n) is 15.2. The number of sulfonamides is 1. The largest absolute Gasteiger partial charge is 0.454 e. The summed E-state index contributed by atoms with van der Waals surface area (Å²) in [7, 11) is -3.56. The molecule has 154 valence electrons. The molecule has 0 saturated carbocycles. The fourth-order valence-electron chi connectivity index (χ4n) is 2.57. The number of ether oxygens (including phenoxy) is 2. The summed E-state index contributed by atoms with van der Waals surface area (Å²) in [6.07, 6.45) is 2.67. The number of benzene rings is 1. The van der Waals surface area contributed by atoms with E-state index in [1.807, 2.05) is 0 Å². The summed E-state index contributed by atoms with van der Waals surface area (Å²) in [5.41, 5.74) is 0.624. The molecule has 29 heavy (non-hydrogen) atoms. The first-order chi connectivity index (χ1) is 13.9. The van der Waals surface area contributed by atoms with Gasteiger partial charge >= 0.3 is 5.97 Å². The van der Waals surface area contributed by atoms with Gasteiger partial charge in [-0.2, -0.15) is 4.31 Å². The maximum Gasteiger partial charge on any atom is 0.331 e. The molecular weight excluding hydrogens is 438 g/mol. The predicted molar refractivity (Wildman–Crippen MR) is 110 cm³/mol. The van der Waals surface area contributed by atoms with E-state index < -0.39 is 16.0 Å². The second-order valence-electron chi connectivity index (χ2n) is 6.05. The molecule has 10 heteroatoms. The van der Waals surface area contributed by atoms with Crippen molar-refractivity contribution in [1.82, 2.24) is 4.31 Å². The monoisotopic (exact) mass is 455 g/mol. The van der Waals surface area contributed by atoms with E-state index in [0.29, 0.717) is 41.1 Å². The molecule has 0 N–H and O–H groups in total. The summed E-state index contributed by atoms with van der Waals surface area (Å²) in [6, 6.07) is 9.33. The van der Waals surface area contributed by atoms with Gasteiger partial charge < -0.3 is 9.47 Å². The number of carbonyl (C=O) groups is 2. The summed E-state index contributed by atoms with van der Waals surface area (Å²) in [6.45, 7) is 1.03. The number of hydrogen-bond donors (Lipinski definition) is 0. The number of morpholine rings is 1. The molecule has 0 spiro atoms. The molecule has 1 fully saturated rings. The van der Waals surface area contributed by atoms with Gasteiger partial charge in [-0.3, -0.25) is 4.79 Å². The van der Waals surface area contributed by atoms with Crippen LogP contribution in [0.25, 0.3) is 6.08 Å². The number of esters is 1. The Balaban J connectivity index is 1.55. The lowest BCUT2D eigenvalue weighted by Crippen LogP contribution is -2.40. The number of halogens is 1. The number of Topliss-reactive ketones (excluding diaryl/α,β-unsaturated/α-hetero) is 1. The Kier molecular flexibility index (Phi) is 7.20. The topological polar surface area (TPSA) is 90.0 Å². The highest BCUT2D eigenvalue weighted by molar-refractivity contribution is 7.89. The number of nitrogens with zero attached hydrogens (tertiary/aromatic N) is 1. The van der Waals surface area contributed by atoms with E-state index in [1.165, 1.54) is 28.6 Å². The number of rotatable bonds is 7. The Morgan fingerprint density at radius 2 is 1.83 bits per heavy atom. The molecule has 1 aromatic heterocycles. The lowest BCUT2D eigenvalue weighted by atomic mass is 10.2. The van der Waals surface area contributed by atoms with Crippen LogP contribution < -0.4 is 0 Å². The Bertz CT molecular complexity index is 1010. The van der Waals surface area contributed by atoms with Gasteiger partial charge in [-0.15, -0.1) is 11.3 Å². The molecule has 1 aliphatic rings. The highest BCUT2D eigenvalue weighted by atomic mass is 35.5. The molecule has 0 amide bonds. The van der Waals surface area contributed by atoms with Gasteiger partial charge in [0.05, 0.1) is 27.3 Å². The van der Waals surface area contributed by atoms with Crippen LogP contribution in [-0.2, 0) is 24.3 Å². The van der Waals surface area contributed by atoms with Crippen LogP contribution in [0.15, 0.2) is 47.4 Å². The van der Waals surface area contributed by atoms with Gasteiger partial charge in [0.25, 0.3) is 0 Å². The van der Waals surface area contributed by atoms with E-state index in [1.54, 1.807) is 24.3 Å². The average Bonchev–Trinajstić information content (AvgIpc) is 3.18. The molecule has 1 saturated heterocycles. The van der Waals surface area contributed by atoms with Crippen LogP contribution in [0.3, 0.4) is 0 Å². The molecule has 3 rings (SSSR count). The van der Waals surface area contributed by atoms with Gasteiger partial charge in [0.15, 0.2) is 6.61 Å². The van der Waals surface area contributed by atoms with E-state index >= 15 is 0 Å². The summed E-state index contributed by atoms with van der Waals surface area (Å²) >= 11 is 6.89. The average molecular weight is 456 g/mol. The smallest absolute Gasteiger partial charge is 0.331 e. The van der Waals surface area contributed by atoms with Crippen molar-refractivity contribution in [1.29, 1.82) is 0 Å². The lowest BCUT2D eigenvalue weighted by Gasteiger charge is -2.26. The van der Waals surface area contributed by atoms with Crippen LogP contribution >= 0.6 is 22.9 Å². The van der Waals surface area contributed by atoms with Crippen molar-refractivity contribution in [2.75, 3.05) is 32.9 Å². The van der Waals surface area contributed by atoms with E-state index in [9.17, 15) is 18.0 Å². The number of carbonyl (C=O) groups excluding carboxylic acids is 2. The van der Waals surface area contributed by atoms with Crippen LogP contribution in [0, 0.1) is 0 Å². The first-order valence-electron chi connectivity index (χ1n) is 8.67. The summed E-state index contributed by atoms with van der Waals surface area (Å²) < 4.78 is 37.1. The van der Waals surface area contributed by atoms with Crippen molar-refractivity contribution < 1.29 is 27.5 Å². The van der Waals surface area contributed by atoms with E-state index in [0.717, 1.165) is 11.3 Å². The SMILES string of the molecule is O=C(C=Cc1ccc(S(=O)(=O)N2CCOCC2)cc1)OCC(=O)c1ccc(Cl)s1. The van der Waals surface area contributed by atoms with Crippen LogP contribution in [0.5, 0.6) is 0 Å². The Morgan fingerprint density at radius 3 is 2.45 bits per heavy atom. The van der Waals surface area contributed by atoms with Crippen LogP contribution in [0.1, 0.15) is 15.2 Å². The minimum Gasteiger partial charge on any atom is -0.454 e. The van der Waals surface area contributed by atoms with Gasteiger partial charge in [0.2, 0.25) is 15.8 Å². The number of ketones is 1. The van der Waals surface area contributed by atoms with E-state index in [-0.39, 0.29) is 17.3 Å². The van der Waals surface area contributed by atoms with E-state index in [4.69, 9.17) is 21.1 Å². The van der Waals surface area contributed by atoms with Crippen molar-refractivity contribution >= 4 is 50.8 Å². The fourth-order valence-corrected chi connectivity index (χ4v) is 4.95. The Morgan fingerprint density at radius 1 is 1.14 bits per heavy atom. The molecule has 0 radical (unpaired) electrons. The zero-order valence-corrected chi connectivity index (χ0v) is 17.6. The first kappa shape index (κ1) is 21.7.